The van der Waals surface area contributed by atoms with E-state index in [1.54, 1.807) is 26.2 Å². The number of rotatable bonds is 3. The van der Waals surface area contributed by atoms with Crippen LogP contribution in [-0.4, -0.2) is 15.8 Å². The van der Waals surface area contributed by atoms with E-state index in [-0.39, 0.29) is 0 Å². The first-order valence-corrected chi connectivity index (χ1v) is 4.46. The van der Waals surface area contributed by atoms with Crippen LogP contribution in [0.3, 0.4) is 0 Å². The van der Waals surface area contributed by atoms with Crippen molar-refractivity contribution in [3.8, 4) is 0 Å². The summed E-state index contributed by atoms with van der Waals surface area (Å²) >= 11 is 0. The second-order valence-corrected chi connectivity index (χ2v) is 3.57. The molecule has 0 aliphatic rings. The summed E-state index contributed by atoms with van der Waals surface area (Å²) in [6.45, 7) is 5.49. The van der Waals surface area contributed by atoms with Gasteiger partial charge in [-0.25, -0.2) is 0 Å². The van der Waals surface area contributed by atoms with Gasteiger partial charge in [-0.1, -0.05) is 6.92 Å². The summed E-state index contributed by atoms with van der Waals surface area (Å²) in [6, 6.07) is 1.95. The van der Waals surface area contributed by atoms with Crippen LogP contribution in [0.15, 0.2) is 18.5 Å². The SMILES string of the molecule is CCc1ccncc1NC(C)(C)O. The number of pyridine rings is 1. The van der Waals surface area contributed by atoms with E-state index in [0.29, 0.717) is 0 Å². The van der Waals surface area contributed by atoms with Gasteiger partial charge in [-0.05, 0) is 31.9 Å². The first-order chi connectivity index (χ1) is 6.03. The van der Waals surface area contributed by atoms with Crippen molar-refractivity contribution < 1.29 is 5.11 Å². The van der Waals surface area contributed by atoms with Crippen molar-refractivity contribution >= 4 is 5.69 Å². The number of aliphatic hydroxyl groups is 1. The molecule has 0 aliphatic heterocycles. The van der Waals surface area contributed by atoms with Crippen molar-refractivity contribution in [2.75, 3.05) is 5.32 Å². The fourth-order valence-electron chi connectivity index (χ4n) is 1.17. The smallest absolute Gasteiger partial charge is 0.129 e. The normalized spacial score (nSPS) is 11.4. The molecular weight excluding hydrogens is 164 g/mol. The van der Waals surface area contributed by atoms with Crippen LogP contribution in [0.5, 0.6) is 0 Å². The van der Waals surface area contributed by atoms with Gasteiger partial charge in [0.2, 0.25) is 0 Å². The molecule has 0 fully saturated rings. The molecule has 0 spiro atoms. The molecule has 0 saturated carbocycles. The van der Waals surface area contributed by atoms with Gasteiger partial charge in [-0.15, -0.1) is 0 Å². The average Bonchev–Trinajstić information content (AvgIpc) is 2.02. The van der Waals surface area contributed by atoms with Crippen molar-refractivity contribution in [1.29, 1.82) is 0 Å². The first kappa shape index (κ1) is 9.99. The summed E-state index contributed by atoms with van der Waals surface area (Å²) in [5, 5.41) is 12.5. The summed E-state index contributed by atoms with van der Waals surface area (Å²) in [7, 11) is 0. The van der Waals surface area contributed by atoms with Gasteiger partial charge in [0.1, 0.15) is 5.72 Å². The highest BCUT2D eigenvalue weighted by Crippen LogP contribution is 2.17. The Morgan fingerprint density at radius 1 is 1.54 bits per heavy atom. The van der Waals surface area contributed by atoms with E-state index in [4.69, 9.17) is 0 Å². The minimum Gasteiger partial charge on any atom is -0.372 e. The second-order valence-electron chi connectivity index (χ2n) is 3.57. The van der Waals surface area contributed by atoms with Gasteiger partial charge >= 0.3 is 0 Å². The van der Waals surface area contributed by atoms with E-state index in [1.165, 1.54) is 0 Å². The van der Waals surface area contributed by atoms with Gasteiger partial charge in [0.15, 0.2) is 0 Å². The van der Waals surface area contributed by atoms with Crippen LogP contribution in [0.1, 0.15) is 26.3 Å². The Labute approximate surface area is 78.8 Å². The molecule has 1 aromatic heterocycles. The molecular formula is C10H16N2O. The van der Waals surface area contributed by atoms with Gasteiger partial charge in [0.05, 0.1) is 11.9 Å². The fraction of sp³-hybridized carbons (Fsp3) is 0.500. The maximum Gasteiger partial charge on any atom is 0.129 e. The van der Waals surface area contributed by atoms with Gasteiger partial charge in [-0.2, -0.15) is 0 Å². The van der Waals surface area contributed by atoms with Crippen LogP contribution in [0, 0.1) is 0 Å². The maximum atomic E-state index is 9.55. The summed E-state index contributed by atoms with van der Waals surface area (Å²) in [6.07, 6.45) is 4.42. The Bertz CT molecular complexity index is 278. The van der Waals surface area contributed by atoms with Crippen LogP contribution < -0.4 is 5.32 Å². The Morgan fingerprint density at radius 3 is 2.77 bits per heavy atom. The topological polar surface area (TPSA) is 45.2 Å². The van der Waals surface area contributed by atoms with Crippen LogP contribution >= 0.6 is 0 Å². The minimum atomic E-state index is -0.896. The molecule has 1 aromatic rings. The second kappa shape index (κ2) is 3.75. The third-order valence-electron chi connectivity index (χ3n) is 1.73. The molecule has 72 valence electrons. The van der Waals surface area contributed by atoms with E-state index in [2.05, 4.69) is 17.2 Å². The van der Waals surface area contributed by atoms with Crippen molar-refractivity contribution in [1.82, 2.24) is 4.98 Å². The lowest BCUT2D eigenvalue weighted by atomic mass is 10.1. The lowest BCUT2D eigenvalue weighted by Gasteiger charge is -2.22. The predicted octanol–water partition coefficient (Wildman–Crippen LogP) is 1.78. The van der Waals surface area contributed by atoms with Crippen LogP contribution in [0.25, 0.3) is 0 Å². The highest BCUT2D eigenvalue weighted by Gasteiger charge is 2.12. The number of hydrogen-bond donors (Lipinski definition) is 2. The number of nitrogens with zero attached hydrogens (tertiary/aromatic N) is 1. The molecule has 2 N–H and O–H groups in total. The van der Waals surface area contributed by atoms with E-state index in [1.807, 2.05) is 6.07 Å². The van der Waals surface area contributed by atoms with E-state index in [9.17, 15) is 5.11 Å². The minimum absolute atomic E-state index is 0.896. The predicted molar refractivity (Wildman–Crippen MR) is 53.5 cm³/mol. The standard InChI is InChI=1S/C10H16N2O/c1-4-8-5-6-11-7-9(8)12-10(2,3)13/h5-7,12-13H,4H2,1-3H3. The summed E-state index contributed by atoms with van der Waals surface area (Å²) in [5.74, 6) is 0. The van der Waals surface area contributed by atoms with Crippen LogP contribution in [-0.2, 0) is 6.42 Å². The largest absolute Gasteiger partial charge is 0.372 e. The third-order valence-corrected chi connectivity index (χ3v) is 1.73. The molecule has 0 atom stereocenters. The summed E-state index contributed by atoms with van der Waals surface area (Å²) in [5.41, 5.74) is 1.17. The molecule has 13 heavy (non-hydrogen) atoms. The maximum absolute atomic E-state index is 9.55. The van der Waals surface area contributed by atoms with Gasteiger partial charge < -0.3 is 10.4 Å². The van der Waals surface area contributed by atoms with Crippen LogP contribution in [0.2, 0.25) is 0 Å². The number of aromatic nitrogens is 1. The zero-order valence-corrected chi connectivity index (χ0v) is 8.33. The Hall–Kier alpha value is -1.09. The summed E-state index contributed by atoms with van der Waals surface area (Å²) in [4.78, 5) is 4.00. The molecule has 1 heterocycles. The molecule has 0 bridgehead atoms. The Balaban J connectivity index is 2.87. The zero-order chi connectivity index (χ0) is 9.90. The first-order valence-electron chi connectivity index (χ1n) is 4.46. The molecule has 0 radical (unpaired) electrons. The molecule has 0 aromatic carbocycles. The monoisotopic (exact) mass is 180 g/mol. The van der Waals surface area contributed by atoms with Gasteiger partial charge in [0.25, 0.3) is 0 Å². The van der Waals surface area contributed by atoms with E-state index >= 15 is 0 Å². The molecule has 0 amide bonds. The highest BCUT2D eigenvalue weighted by molar-refractivity contribution is 5.49. The lowest BCUT2D eigenvalue weighted by molar-refractivity contribution is 0.111. The zero-order valence-electron chi connectivity index (χ0n) is 8.33. The van der Waals surface area contributed by atoms with Crippen molar-refractivity contribution in [2.45, 2.75) is 32.9 Å². The Morgan fingerprint density at radius 2 is 2.23 bits per heavy atom. The number of anilines is 1. The van der Waals surface area contributed by atoms with Crippen molar-refractivity contribution in [2.24, 2.45) is 0 Å². The molecule has 0 aliphatic carbocycles. The third kappa shape index (κ3) is 3.03. The molecule has 0 saturated heterocycles. The number of aryl methyl sites for hydroxylation is 1. The quantitative estimate of drug-likeness (QED) is 0.697. The van der Waals surface area contributed by atoms with Crippen molar-refractivity contribution in [3.05, 3.63) is 24.0 Å². The number of nitrogens with one attached hydrogen (secondary N) is 1. The lowest BCUT2D eigenvalue weighted by Crippen LogP contribution is -2.30. The highest BCUT2D eigenvalue weighted by atomic mass is 16.3. The van der Waals surface area contributed by atoms with Gasteiger partial charge in [0, 0.05) is 6.20 Å². The Kier molecular flexibility index (Phi) is 2.88. The van der Waals surface area contributed by atoms with E-state index in [0.717, 1.165) is 17.7 Å². The molecule has 0 unspecified atom stereocenters. The van der Waals surface area contributed by atoms with E-state index < -0.39 is 5.72 Å². The van der Waals surface area contributed by atoms with Gasteiger partial charge in [-0.3, -0.25) is 4.98 Å². The average molecular weight is 180 g/mol. The van der Waals surface area contributed by atoms with Crippen molar-refractivity contribution in [3.63, 3.8) is 0 Å². The van der Waals surface area contributed by atoms with Crippen LogP contribution in [0.4, 0.5) is 5.69 Å². The molecule has 3 nitrogen and oxygen atoms in total. The number of hydrogen-bond acceptors (Lipinski definition) is 3. The summed E-state index contributed by atoms with van der Waals surface area (Å²) < 4.78 is 0. The molecule has 1 rings (SSSR count). The molecule has 3 heteroatoms. The fourth-order valence-corrected chi connectivity index (χ4v) is 1.17.